The minimum Gasteiger partial charge on any atom is -0.508 e. The molecule has 7 nitrogen and oxygen atoms in total. The molecule has 0 fully saturated rings. The molecule has 7 heteroatoms. The van der Waals surface area contributed by atoms with Crippen LogP contribution in [-0.4, -0.2) is 33.4 Å². The second kappa shape index (κ2) is 7.33. The number of carbonyl (C=O) groups excluding carboxylic acids is 1. The third kappa shape index (κ3) is 3.30. The number of phenols is 1. The van der Waals surface area contributed by atoms with Gasteiger partial charge in [-0.3, -0.25) is 9.69 Å². The lowest BCUT2D eigenvalue weighted by Crippen LogP contribution is -2.48. The third-order valence-corrected chi connectivity index (χ3v) is 5.25. The molecule has 2 aromatic rings. The highest BCUT2D eigenvalue weighted by molar-refractivity contribution is 5.95. The zero-order chi connectivity index (χ0) is 20.6. The Morgan fingerprint density at radius 1 is 1.29 bits per heavy atom. The Bertz CT molecular complexity index is 1010. The van der Waals surface area contributed by atoms with Crippen LogP contribution in [0.5, 0.6) is 5.75 Å². The molecule has 0 radical (unpaired) electrons. The van der Waals surface area contributed by atoms with Crippen LogP contribution in [0, 0.1) is 24.2 Å². The van der Waals surface area contributed by atoms with Crippen LogP contribution in [0.4, 0.5) is 5.69 Å². The number of nitrogens with zero attached hydrogens (tertiary/aromatic N) is 2. The lowest BCUT2D eigenvalue weighted by molar-refractivity contribution is -0.119. The Morgan fingerprint density at radius 3 is 2.61 bits per heavy atom. The van der Waals surface area contributed by atoms with Gasteiger partial charge < -0.3 is 15.3 Å². The Kier molecular flexibility index (Phi) is 5.08. The second-order valence-electron chi connectivity index (χ2n) is 6.97. The van der Waals surface area contributed by atoms with E-state index in [4.69, 9.17) is 0 Å². The number of amides is 1. The first-order chi connectivity index (χ1) is 13.2. The Balaban J connectivity index is 2.04. The first-order valence-corrected chi connectivity index (χ1v) is 8.80. The summed E-state index contributed by atoms with van der Waals surface area (Å²) in [6.07, 6.45) is -0.573. The third-order valence-electron chi connectivity index (χ3n) is 5.25. The van der Waals surface area contributed by atoms with Gasteiger partial charge in [-0.05, 0) is 66.8 Å². The standard InChI is InChI=1S/C21H20N2O5/c1-11-14(10-22)4-6-19(25)17(11)9-16-8-15-7-13(21(27)28)3-5-18(15)23(12(2)24)20(16)26/h3-7,16,20,25-26H,8-9H2,1-2H3,(H,27,28)/t16-,20-/m0/s1. The molecular weight excluding hydrogens is 360 g/mol. The molecule has 0 saturated heterocycles. The van der Waals surface area contributed by atoms with E-state index in [1.165, 1.54) is 42.2 Å². The molecule has 0 spiro atoms. The number of aromatic carboxylic acids is 1. The van der Waals surface area contributed by atoms with Crippen LogP contribution < -0.4 is 4.90 Å². The maximum absolute atomic E-state index is 12.2. The van der Waals surface area contributed by atoms with E-state index in [0.717, 1.165) is 0 Å². The second-order valence-corrected chi connectivity index (χ2v) is 6.97. The Labute approximate surface area is 162 Å². The maximum atomic E-state index is 12.2. The zero-order valence-electron chi connectivity index (χ0n) is 15.5. The van der Waals surface area contributed by atoms with Gasteiger partial charge in [0, 0.05) is 18.5 Å². The van der Waals surface area contributed by atoms with Crippen LogP contribution in [0.15, 0.2) is 30.3 Å². The molecule has 0 bridgehead atoms. The molecule has 1 amide bonds. The molecule has 1 aliphatic rings. The van der Waals surface area contributed by atoms with E-state index in [9.17, 15) is 30.2 Å². The normalized spacial score (nSPS) is 18.3. The maximum Gasteiger partial charge on any atom is 0.335 e. The zero-order valence-corrected chi connectivity index (χ0v) is 15.5. The van der Waals surface area contributed by atoms with Gasteiger partial charge in [-0.15, -0.1) is 0 Å². The fourth-order valence-electron chi connectivity index (χ4n) is 3.78. The van der Waals surface area contributed by atoms with Crippen molar-refractivity contribution in [3.05, 3.63) is 58.1 Å². The summed E-state index contributed by atoms with van der Waals surface area (Å²) in [6, 6.07) is 9.47. The number of aliphatic hydroxyl groups is 1. The summed E-state index contributed by atoms with van der Waals surface area (Å²) >= 11 is 0. The first kappa shape index (κ1) is 19.4. The predicted molar refractivity (Wildman–Crippen MR) is 101 cm³/mol. The molecule has 0 aliphatic carbocycles. The lowest BCUT2D eigenvalue weighted by atomic mass is 9.83. The van der Waals surface area contributed by atoms with Gasteiger partial charge in [0.1, 0.15) is 12.0 Å². The van der Waals surface area contributed by atoms with Crippen LogP contribution in [0.3, 0.4) is 0 Å². The van der Waals surface area contributed by atoms with Crippen molar-refractivity contribution in [3.63, 3.8) is 0 Å². The van der Waals surface area contributed by atoms with Gasteiger partial charge in [0.25, 0.3) is 0 Å². The van der Waals surface area contributed by atoms with Crippen LogP contribution in [0.25, 0.3) is 0 Å². The van der Waals surface area contributed by atoms with Gasteiger partial charge in [-0.1, -0.05) is 0 Å². The van der Waals surface area contributed by atoms with Gasteiger partial charge in [0.15, 0.2) is 0 Å². The summed E-state index contributed by atoms with van der Waals surface area (Å²) in [6.45, 7) is 3.06. The fraction of sp³-hybridized carbons (Fsp3) is 0.286. The van der Waals surface area contributed by atoms with Crippen LogP contribution in [0.1, 0.15) is 39.5 Å². The van der Waals surface area contributed by atoms with E-state index in [0.29, 0.717) is 34.4 Å². The van der Waals surface area contributed by atoms with Crippen LogP contribution in [0.2, 0.25) is 0 Å². The minimum absolute atomic E-state index is 0.0168. The van der Waals surface area contributed by atoms with Crippen molar-refractivity contribution < 1.29 is 24.9 Å². The van der Waals surface area contributed by atoms with E-state index >= 15 is 0 Å². The average molecular weight is 380 g/mol. The molecule has 0 unspecified atom stereocenters. The van der Waals surface area contributed by atoms with Gasteiger partial charge in [0.2, 0.25) is 5.91 Å². The Morgan fingerprint density at radius 2 is 2.00 bits per heavy atom. The van der Waals surface area contributed by atoms with Gasteiger partial charge in [-0.25, -0.2) is 4.79 Å². The highest BCUT2D eigenvalue weighted by atomic mass is 16.4. The number of nitriles is 1. The van der Waals surface area contributed by atoms with Crippen LogP contribution >= 0.6 is 0 Å². The van der Waals surface area contributed by atoms with Crippen molar-refractivity contribution in [2.24, 2.45) is 5.92 Å². The number of anilines is 1. The van der Waals surface area contributed by atoms with Gasteiger partial charge in [0.05, 0.1) is 17.2 Å². The number of phenolic OH excluding ortho intramolecular Hbond substituents is 1. The molecule has 2 aromatic carbocycles. The summed E-state index contributed by atoms with van der Waals surface area (Å²) < 4.78 is 0. The number of benzene rings is 2. The number of hydrogen-bond donors (Lipinski definition) is 3. The highest BCUT2D eigenvalue weighted by Gasteiger charge is 2.36. The smallest absolute Gasteiger partial charge is 0.335 e. The molecule has 2 atom stereocenters. The van der Waals surface area contributed by atoms with E-state index in [-0.39, 0.29) is 23.6 Å². The monoisotopic (exact) mass is 380 g/mol. The SMILES string of the molecule is CC(=O)N1c2ccc(C(=O)O)cc2C[C@@H](Cc2c(O)ccc(C#N)c2C)[C@@H]1O. The van der Waals surface area contributed by atoms with Gasteiger partial charge >= 0.3 is 5.97 Å². The van der Waals surface area contributed by atoms with E-state index in [1.807, 2.05) is 0 Å². The van der Waals surface area contributed by atoms with Crippen molar-refractivity contribution >= 4 is 17.6 Å². The number of rotatable bonds is 3. The number of carbonyl (C=O) groups is 2. The largest absolute Gasteiger partial charge is 0.508 e. The topological polar surface area (TPSA) is 122 Å². The number of fused-ring (bicyclic) bond motifs is 1. The minimum atomic E-state index is -1.13. The number of aliphatic hydroxyl groups excluding tert-OH is 1. The number of aromatic hydroxyl groups is 1. The van der Waals surface area contributed by atoms with Crippen molar-refractivity contribution in [2.45, 2.75) is 32.9 Å². The fourth-order valence-corrected chi connectivity index (χ4v) is 3.78. The molecule has 28 heavy (non-hydrogen) atoms. The van der Waals surface area contributed by atoms with E-state index in [1.54, 1.807) is 6.92 Å². The molecule has 144 valence electrons. The molecule has 1 heterocycles. The number of hydrogen-bond acceptors (Lipinski definition) is 5. The van der Waals surface area contributed by atoms with Gasteiger partial charge in [-0.2, -0.15) is 5.26 Å². The lowest BCUT2D eigenvalue weighted by Gasteiger charge is -2.39. The summed E-state index contributed by atoms with van der Waals surface area (Å²) in [5, 5.41) is 39.6. The molecule has 1 aliphatic heterocycles. The average Bonchev–Trinajstić information content (AvgIpc) is 2.64. The van der Waals surface area contributed by atoms with E-state index in [2.05, 4.69) is 6.07 Å². The summed E-state index contributed by atoms with van der Waals surface area (Å²) in [5.41, 5.74) is 2.79. The quantitative estimate of drug-likeness (QED) is 0.751. The summed E-state index contributed by atoms with van der Waals surface area (Å²) in [4.78, 5) is 24.7. The molecular formula is C21H20N2O5. The molecule has 0 aromatic heterocycles. The summed E-state index contributed by atoms with van der Waals surface area (Å²) in [5.74, 6) is -1.90. The predicted octanol–water partition coefficient (Wildman–Crippen LogP) is 2.36. The highest BCUT2D eigenvalue weighted by Crippen LogP contribution is 2.37. The Hall–Kier alpha value is -3.37. The van der Waals surface area contributed by atoms with Crippen LogP contribution in [-0.2, 0) is 17.6 Å². The number of carboxylic acids is 1. The van der Waals surface area contributed by atoms with Crippen molar-refractivity contribution in [3.8, 4) is 11.8 Å². The first-order valence-electron chi connectivity index (χ1n) is 8.80. The molecule has 3 rings (SSSR count). The van der Waals surface area contributed by atoms with E-state index < -0.39 is 18.1 Å². The van der Waals surface area contributed by atoms with Crippen molar-refractivity contribution in [2.75, 3.05) is 4.90 Å². The number of carboxylic acid groups (broad SMARTS) is 1. The molecule has 3 N–H and O–H groups in total. The van der Waals surface area contributed by atoms with Crippen molar-refractivity contribution in [1.29, 1.82) is 5.26 Å². The molecule has 0 saturated carbocycles. The summed E-state index contributed by atoms with van der Waals surface area (Å²) in [7, 11) is 0. The van der Waals surface area contributed by atoms with Crippen molar-refractivity contribution in [1.82, 2.24) is 0 Å².